The monoisotopic (exact) mass is 220 g/mol. The minimum absolute atomic E-state index is 0.0665. The highest BCUT2D eigenvalue weighted by molar-refractivity contribution is 6.02. The number of phenols is 2. The molecule has 0 aliphatic heterocycles. The zero-order valence-corrected chi connectivity index (χ0v) is 8.71. The minimum atomic E-state index is -0.354. The number of hydrogen-bond donors (Lipinski definition) is 3. The average Bonchev–Trinajstić information content (AvgIpc) is 2.19. The molecule has 0 saturated heterocycles. The van der Waals surface area contributed by atoms with Crippen molar-refractivity contribution in [3.8, 4) is 11.5 Å². The lowest BCUT2D eigenvalue weighted by Crippen LogP contribution is -1.87. The van der Waals surface area contributed by atoms with Crippen LogP contribution in [-0.4, -0.2) is 21.1 Å². The number of aliphatic hydroxyl groups is 1. The Balaban J connectivity index is 2.81. The first-order valence-electron chi connectivity index (χ1n) is 4.60. The minimum Gasteiger partial charge on any atom is -0.512 e. The Labute approximate surface area is 92.8 Å². The number of benzene rings is 1. The molecule has 0 heterocycles. The second-order valence-corrected chi connectivity index (χ2v) is 3.27. The Morgan fingerprint density at radius 2 is 1.94 bits per heavy atom. The number of aliphatic hydroxyl groups excluding tert-OH is 1. The summed E-state index contributed by atoms with van der Waals surface area (Å²) in [7, 11) is 0. The van der Waals surface area contributed by atoms with E-state index in [-0.39, 0.29) is 23.0 Å². The van der Waals surface area contributed by atoms with Gasteiger partial charge in [-0.15, -0.1) is 0 Å². The summed E-state index contributed by atoms with van der Waals surface area (Å²) in [5.41, 5.74) is 0.577. The van der Waals surface area contributed by atoms with Crippen LogP contribution in [0, 0.1) is 0 Å². The van der Waals surface area contributed by atoms with Crippen LogP contribution in [0.5, 0.6) is 11.5 Å². The topological polar surface area (TPSA) is 77.8 Å². The quantitative estimate of drug-likeness (QED) is 0.414. The van der Waals surface area contributed by atoms with E-state index in [1.807, 2.05) is 0 Å². The van der Waals surface area contributed by atoms with Crippen molar-refractivity contribution in [2.24, 2.45) is 0 Å². The predicted octanol–water partition coefficient (Wildman–Crippen LogP) is 2.14. The Hall–Kier alpha value is -2.23. The van der Waals surface area contributed by atoms with Gasteiger partial charge in [-0.1, -0.05) is 12.1 Å². The molecule has 0 aliphatic carbocycles. The van der Waals surface area contributed by atoms with E-state index in [2.05, 4.69) is 0 Å². The smallest absolute Gasteiger partial charge is 0.181 e. The summed E-state index contributed by atoms with van der Waals surface area (Å²) in [6.07, 6.45) is 3.81. The summed E-state index contributed by atoms with van der Waals surface area (Å²) < 4.78 is 0. The predicted molar refractivity (Wildman–Crippen MR) is 60.2 cm³/mol. The van der Waals surface area contributed by atoms with Crippen LogP contribution in [0.15, 0.2) is 36.1 Å². The molecule has 4 heteroatoms. The zero-order chi connectivity index (χ0) is 12.1. The highest BCUT2D eigenvalue weighted by Gasteiger charge is 1.98. The van der Waals surface area contributed by atoms with Crippen molar-refractivity contribution < 1.29 is 20.1 Å². The van der Waals surface area contributed by atoms with Gasteiger partial charge >= 0.3 is 0 Å². The molecule has 0 spiro atoms. The van der Waals surface area contributed by atoms with Crippen LogP contribution in [-0.2, 0) is 4.79 Å². The number of allylic oxidation sites excluding steroid dienone is 3. The second kappa shape index (κ2) is 5.02. The molecule has 1 rings (SSSR count). The van der Waals surface area contributed by atoms with Crippen LogP contribution in [0.25, 0.3) is 6.08 Å². The molecule has 1 aromatic carbocycles. The number of carbonyl (C=O) groups is 1. The van der Waals surface area contributed by atoms with E-state index < -0.39 is 0 Å². The van der Waals surface area contributed by atoms with Gasteiger partial charge in [0.15, 0.2) is 17.3 Å². The molecular formula is C12H12O4. The van der Waals surface area contributed by atoms with Crippen molar-refractivity contribution in [2.75, 3.05) is 0 Å². The number of phenolic OH excluding ortho intramolecular Hbond substituents is 2. The number of rotatable bonds is 3. The molecule has 84 valence electrons. The molecule has 0 atom stereocenters. The number of aromatic hydroxyl groups is 2. The number of hydrogen-bond acceptors (Lipinski definition) is 4. The van der Waals surface area contributed by atoms with Crippen molar-refractivity contribution >= 4 is 11.9 Å². The van der Waals surface area contributed by atoms with Crippen LogP contribution in [0.4, 0.5) is 0 Å². The molecule has 0 amide bonds. The van der Waals surface area contributed by atoms with Crippen molar-refractivity contribution in [3.05, 3.63) is 41.7 Å². The molecule has 16 heavy (non-hydrogen) atoms. The van der Waals surface area contributed by atoms with Crippen molar-refractivity contribution in [2.45, 2.75) is 6.92 Å². The number of ketones is 1. The maximum Gasteiger partial charge on any atom is 0.181 e. The Bertz CT molecular complexity index is 454. The summed E-state index contributed by atoms with van der Waals surface area (Å²) in [4.78, 5) is 11.1. The van der Waals surface area contributed by atoms with Gasteiger partial charge < -0.3 is 15.3 Å². The fourth-order valence-electron chi connectivity index (χ4n) is 1.08. The van der Waals surface area contributed by atoms with Crippen LogP contribution >= 0.6 is 0 Å². The fourth-order valence-corrected chi connectivity index (χ4v) is 1.08. The Morgan fingerprint density at radius 3 is 2.50 bits per heavy atom. The maximum atomic E-state index is 11.1. The molecule has 0 unspecified atom stereocenters. The van der Waals surface area contributed by atoms with Crippen LogP contribution < -0.4 is 0 Å². The first-order valence-corrected chi connectivity index (χ1v) is 4.60. The highest BCUT2D eigenvalue weighted by atomic mass is 16.3. The average molecular weight is 220 g/mol. The van der Waals surface area contributed by atoms with E-state index in [4.69, 9.17) is 10.2 Å². The third-order valence-electron chi connectivity index (χ3n) is 1.79. The van der Waals surface area contributed by atoms with E-state index in [0.29, 0.717) is 5.56 Å². The molecule has 0 aromatic heterocycles. The van der Waals surface area contributed by atoms with Crippen molar-refractivity contribution in [1.29, 1.82) is 0 Å². The molecular weight excluding hydrogens is 208 g/mol. The fraction of sp³-hybridized carbons (Fsp3) is 0.0833. The van der Waals surface area contributed by atoms with Gasteiger partial charge in [0, 0.05) is 6.08 Å². The third-order valence-corrected chi connectivity index (χ3v) is 1.79. The maximum absolute atomic E-state index is 11.1. The van der Waals surface area contributed by atoms with Gasteiger partial charge in [-0.2, -0.15) is 0 Å². The van der Waals surface area contributed by atoms with Gasteiger partial charge in [0.1, 0.15) is 0 Å². The van der Waals surface area contributed by atoms with Gasteiger partial charge in [-0.05, 0) is 30.7 Å². The van der Waals surface area contributed by atoms with E-state index in [9.17, 15) is 9.90 Å². The van der Waals surface area contributed by atoms with Crippen LogP contribution in [0.1, 0.15) is 12.5 Å². The summed E-state index contributed by atoms with van der Waals surface area (Å²) in [5.74, 6) is -0.881. The summed E-state index contributed by atoms with van der Waals surface area (Å²) >= 11 is 0. The van der Waals surface area contributed by atoms with E-state index >= 15 is 0 Å². The Kier molecular flexibility index (Phi) is 3.72. The first-order chi connectivity index (χ1) is 7.49. The van der Waals surface area contributed by atoms with E-state index in [1.165, 1.54) is 31.2 Å². The number of carbonyl (C=O) groups excluding carboxylic acids is 1. The van der Waals surface area contributed by atoms with E-state index in [1.54, 1.807) is 6.07 Å². The lowest BCUT2D eigenvalue weighted by molar-refractivity contribution is -0.110. The summed E-state index contributed by atoms with van der Waals surface area (Å²) in [5, 5.41) is 27.1. The third kappa shape index (κ3) is 3.49. The van der Waals surface area contributed by atoms with Gasteiger partial charge in [0.2, 0.25) is 0 Å². The van der Waals surface area contributed by atoms with Gasteiger partial charge in [-0.3, -0.25) is 4.79 Å². The van der Waals surface area contributed by atoms with Crippen molar-refractivity contribution in [3.63, 3.8) is 0 Å². The van der Waals surface area contributed by atoms with Crippen LogP contribution in [0.3, 0.4) is 0 Å². The van der Waals surface area contributed by atoms with Gasteiger partial charge in [0.05, 0.1) is 5.76 Å². The standard InChI is InChI=1S/C12H12O4/c1-8(13)6-10(14)4-2-9-3-5-11(15)12(16)7-9/h2-7,13,15-16H,1H3/b4-2+,8-6+. The molecule has 0 radical (unpaired) electrons. The molecule has 4 nitrogen and oxygen atoms in total. The second-order valence-electron chi connectivity index (χ2n) is 3.27. The van der Waals surface area contributed by atoms with Crippen LogP contribution in [0.2, 0.25) is 0 Å². The normalized spacial score (nSPS) is 11.9. The molecule has 0 fully saturated rings. The lowest BCUT2D eigenvalue weighted by Gasteiger charge is -1.97. The summed E-state index contributed by atoms with van der Waals surface area (Å²) in [6.45, 7) is 1.40. The van der Waals surface area contributed by atoms with Gasteiger partial charge in [0.25, 0.3) is 0 Å². The molecule has 3 N–H and O–H groups in total. The summed E-state index contributed by atoms with van der Waals surface area (Å²) in [6, 6.07) is 4.20. The zero-order valence-electron chi connectivity index (χ0n) is 8.71. The Morgan fingerprint density at radius 1 is 1.25 bits per heavy atom. The lowest BCUT2D eigenvalue weighted by atomic mass is 10.1. The SMILES string of the molecule is C/C(O)=C\C(=O)/C=C/c1ccc(O)c(O)c1. The molecule has 0 bridgehead atoms. The molecule has 0 aliphatic rings. The highest BCUT2D eigenvalue weighted by Crippen LogP contribution is 2.25. The van der Waals surface area contributed by atoms with Gasteiger partial charge in [-0.25, -0.2) is 0 Å². The molecule has 1 aromatic rings. The van der Waals surface area contributed by atoms with Crippen molar-refractivity contribution in [1.82, 2.24) is 0 Å². The largest absolute Gasteiger partial charge is 0.512 e. The molecule has 0 saturated carbocycles. The first kappa shape index (κ1) is 11.8. The van der Waals surface area contributed by atoms with E-state index in [0.717, 1.165) is 6.08 Å².